The van der Waals surface area contributed by atoms with Gasteiger partial charge in [-0.1, -0.05) is 26.0 Å². The molecule has 0 spiro atoms. The third-order valence-corrected chi connectivity index (χ3v) is 3.48. The number of fused-ring (bicyclic) bond motifs is 1. The summed E-state index contributed by atoms with van der Waals surface area (Å²) in [6.07, 6.45) is -2.96. The zero-order valence-corrected chi connectivity index (χ0v) is 14.5. The van der Waals surface area contributed by atoms with Crippen molar-refractivity contribution in [2.24, 2.45) is 0 Å². The summed E-state index contributed by atoms with van der Waals surface area (Å²) in [5.74, 6) is -0.629. The molecule has 4 nitrogen and oxygen atoms in total. The van der Waals surface area contributed by atoms with E-state index in [0.717, 1.165) is 12.1 Å². The number of aromatic nitrogens is 2. The van der Waals surface area contributed by atoms with Crippen molar-refractivity contribution < 1.29 is 22.7 Å². The van der Waals surface area contributed by atoms with Gasteiger partial charge in [-0.25, -0.2) is 9.78 Å². The molecule has 0 saturated carbocycles. The van der Waals surface area contributed by atoms with Gasteiger partial charge in [-0.05, 0) is 35.9 Å². The molecule has 0 aliphatic rings. The average molecular weight is 362 g/mol. The lowest BCUT2D eigenvalue weighted by Gasteiger charge is -2.10. The minimum atomic E-state index is -4.44. The number of nitrogens with zero attached hydrogens (tertiary/aromatic N) is 2. The number of pyridine rings is 2. The highest BCUT2D eigenvalue weighted by Gasteiger charge is 2.30. The van der Waals surface area contributed by atoms with Crippen LogP contribution in [0.5, 0.6) is 0 Å². The van der Waals surface area contributed by atoms with Crippen molar-refractivity contribution in [3.63, 3.8) is 0 Å². The van der Waals surface area contributed by atoms with E-state index >= 15 is 0 Å². The second kappa shape index (κ2) is 7.95. The van der Waals surface area contributed by atoms with Gasteiger partial charge >= 0.3 is 12.1 Å². The lowest BCUT2D eigenvalue weighted by molar-refractivity contribution is -0.137. The molecular weight excluding hydrogens is 345 g/mol. The summed E-state index contributed by atoms with van der Waals surface area (Å²) in [5.41, 5.74) is 0.904. The van der Waals surface area contributed by atoms with Crippen LogP contribution in [0.2, 0.25) is 0 Å². The zero-order chi connectivity index (χ0) is 19.3. The number of hydrogen-bond donors (Lipinski definition) is 0. The summed E-state index contributed by atoms with van der Waals surface area (Å²) in [6, 6.07) is 9.52. The highest BCUT2D eigenvalue weighted by Crippen LogP contribution is 2.33. The number of ether oxygens (including phenoxy) is 1. The largest absolute Gasteiger partial charge is 0.464 e. The molecule has 0 amide bonds. The standard InChI is InChI=1S/C17H11F3N2O2.C2H6/c1-24-16(23)14-6-5-13-15(22-14)12(7-8-21-13)10-3-2-4-11(9-10)17(18,19)20;1-2/h2-9H,1H3;1-2H3. The van der Waals surface area contributed by atoms with Gasteiger partial charge in [0.1, 0.15) is 5.69 Å². The number of hydrogen-bond acceptors (Lipinski definition) is 4. The Kier molecular flexibility index (Phi) is 5.92. The van der Waals surface area contributed by atoms with Crippen LogP contribution < -0.4 is 0 Å². The number of alkyl halides is 3. The topological polar surface area (TPSA) is 52.1 Å². The van der Waals surface area contributed by atoms with Gasteiger partial charge in [0.15, 0.2) is 0 Å². The van der Waals surface area contributed by atoms with E-state index in [9.17, 15) is 18.0 Å². The summed E-state index contributed by atoms with van der Waals surface area (Å²) in [4.78, 5) is 20.0. The van der Waals surface area contributed by atoms with E-state index in [1.165, 1.54) is 25.4 Å². The maximum absolute atomic E-state index is 12.9. The highest BCUT2D eigenvalue weighted by molar-refractivity contribution is 5.95. The maximum atomic E-state index is 12.9. The average Bonchev–Trinajstić information content (AvgIpc) is 2.67. The van der Waals surface area contributed by atoms with Gasteiger partial charge in [-0.2, -0.15) is 13.2 Å². The minimum absolute atomic E-state index is 0.0613. The number of benzene rings is 1. The Bertz CT molecular complexity index is 924. The molecule has 3 rings (SSSR count). The predicted octanol–water partition coefficient (Wildman–Crippen LogP) is 5.13. The van der Waals surface area contributed by atoms with E-state index in [-0.39, 0.29) is 5.69 Å². The predicted molar refractivity (Wildman–Crippen MR) is 92.7 cm³/mol. The van der Waals surface area contributed by atoms with Crippen molar-refractivity contribution >= 4 is 17.0 Å². The van der Waals surface area contributed by atoms with E-state index in [4.69, 9.17) is 0 Å². The van der Waals surface area contributed by atoms with Gasteiger partial charge in [0.2, 0.25) is 0 Å². The van der Waals surface area contributed by atoms with Crippen molar-refractivity contribution in [1.29, 1.82) is 0 Å². The highest BCUT2D eigenvalue weighted by atomic mass is 19.4. The molecular formula is C19H17F3N2O2. The van der Waals surface area contributed by atoms with Crippen LogP contribution in [0.3, 0.4) is 0 Å². The zero-order valence-electron chi connectivity index (χ0n) is 14.5. The smallest absolute Gasteiger partial charge is 0.416 e. The fourth-order valence-electron chi connectivity index (χ4n) is 2.34. The van der Waals surface area contributed by atoms with Gasteiger partial charge in [-0.3, -0.25) is 4.98 Å². The number of halogens is 3. The Balaban J connectivity index is 0.00000117. The van der Waals surface area contributed by atoms with Crippen LogP contribution in [-0.4, -0.2) is 23.0 Å². The summed E-state index contributed by atoms with van der Waals surface area (Å²) in [5, 5.41) is 0. The first-order chi connectivity index (χ1) is 12.4. The van der Waals surface area contributed by atoms with E-state index in [1.54, 1.807) is 18.2 Å². The Morgan fingerprint density at radius 1 is 1.08 bits per heavy atom. The normalized spacial score (nSPS) is 10.8. The second-order valence-corrected chi connectivity index (χ2v) is 4.99. The number of esters is 1. The molecule has 26 heavy (non-hydrogen) atoms. The lowest BCUT2D eigenvalue weighted by atomic mass is 10.0. The molecule has 2 heterocycles. The molecule has 0 unspecified atom stereocenters. The fourth-order valence-corrected chi connectivity index (χ4v) is 2.34. The molecule has 0 radical (unpaired) electrons. The van der Waals surface area contributed by atoms with E-state index < -0.39 is 17.7 Å². The number of rotatable bonds is 2. The first-order valence-electron chi connectivity index (χ1n) is 7.92. The summed E-state index contributed by atoms with van der Waals surface area (Å²) >= 11 is 0. The molecule has 1 aromatic carbocycles. The van der Waals surface area contributed by atoms with Gasteiger partial charge < -0.3 is 4.74 Å². The van der Waals surface area contributed by atoms with Crippen molar-refractivity contribution in [1.82, 2.24) is 9.97 Å². The Morgan fingerprint density at radius 2 is 1.81 bits per heavy atom. The summed E-state index contributed by atoms with van der Waals surface area (Å²) < 4.78 is 43.4. The van der Waals surface area contributed by atoms with Crippen LogP contribution in [0.1, 0.15) is 29.9 Å². The maximum Gasteiger partial charge on any atom is 0.416 e. The molecule has 0 fully saturated rings. The van der Waals surface area contributed by atoms with Crippen LogP contribution in [0.25, 0.3) is 22.2 Å². The van der Waals surface area contributed by atoms with Gasteiger partial charge in [0.05, 0.1) is 23.7 Å². The van der Waals surface area contributed by atoms with E-state index in [2.05, 4.69) is 14.7 Å². The Morgan fingerprint density at radius 3 is 2.46 bits per heavy atom. The van der Waals surface area contributed by atoms with Crippen LogP contribution in [0.15, 0.2) is 48.7 Å². The van der Waals surface area contributed by atoms with Gasteiger partial charge in [0, 0.05) is 11.8 Å². The van der Waals surface area contributed by atoms with Crippen molar-refractivity contribution in [3.8, 4) is 11.1 Å². The van der Waals surface area contributed by atoms with Crippen molar-refractivity contribution in [2.45, 2.75) is 20.0 Å². The van der Waals surface area contributed by atoms with Crippen LogP contribution in [0, 0.1) is 0 Å². The first-order valence-corrected chi connectivity index (χ1v) is 7.92. The first kappa shape index (κ1) is 19.4. The van der Waals surface area contributed by atoms with Crippen LogP contribution in [0.4, 0.5) is 13.2 Å². The van der Waals surface area contributed by atoms with Crippen molar-refractivity contribution in [3.05, 3.63) is 59.9 Å². The number of carbonyl (C=O) groups is 1. The third-order valence-electron chi connectivity index (χ3n) is 3.48. The lowest BCUT2D eigenvalue weighted by Crippen LogP contribution is -2.05. The molecule has 0 saturated heterocycles. The van der Waals surface area contributed by atoms with E-state index in [1.807, 2.05) is 13.8 Å². The summed E-state index contributed by atoms with van der Waals surface area (Å²) in [6.45, 7) is 4.00. The molecule has 0 atom stereocenters. The van der Waals surface area contributed by atoms with Crippen LogP contribution >= 0.6 is 0 Å². The number of methoxy groups -OCH3 is 1. The fraction of sp³-hybridized carbons (Fsp3) is 0.211. The van der Waals surface area contributed by atoms with E-state index in [0.29, 0.717) is 22.2 Å². The second-order valence-electron chi connectivity index (χ2n) is 4.99. The quantitative estimate of drug-likeness (QED) is 0.593. The van der Waals surface area contributed by atoms with Crippen LogP contribution in [-0.2, 0) is 10.9 Å². The third kappa shape index (κ3) is 3.99. The molecule has 0 aliphatic heterocycles. The molecule has 0 bridgehead atoms. The van der Waals surface area contributed by atoms with Gasteiger partial charge in [-0.15, -0.1) is 0 Å². The minimum Gasteiger partial charge on any atom is -0.464 e. The molecule has 7 heteroatoms. The molecule has 2 aromatic heterocycles. The van der Waals surface area contributed by atoms with Gasteiger partial charge in [0.25, 0.3) is 0 Å². The molecule has 0 N–H and O–H groups in total. The Labute approximate surface area is 148 Å². The summed E-state index contributed by atoms with van der Waals surface area (Å²) in [7, 11) is 1.23. The van der Waals surface area contributed by atoms with Crippen molar-refractivity contribution in [2.75, 3.05) is 7.11 Å². The number of carbonyl (C=O) groups excluding carboxylic acids is 1. The molecule has 136 valence electrons. The molecule has 3 aromatic rings. The monoisotopic (exact) mass is 362 g/mol. The molecule has 0 aliphatic carbocycles. The Hall–Kier alpha value is -2.96. The SMILES string of the molecule is CC.COC(=O)c1ccc2nccc(-c3cccc(C(F)(F)F)c3)c2n1.